The van der Waals surface area contributed by atoms with E-state index in [1.807, 2.05) is 47.5 Å². The number of aromatic nitrogens is 2. The third-order valence-corrected chi connectivity index (χ3v) is 9.42. The summed E-state index contributed by atoms with van der Waals surface area (Å²) in [5.41, 5.74) is 2.44. The van der Waals surface area contributed by atoms with Crippen molar-refractivity contribution in [2.45, 2.75) is 0 Å². The van der Waals surface area contributed by atoms with Crippen molar-refractivity contribution in [3.8, 4) is 20.9 Å². The molecule has 168 valence electrons. The Bertz CT molecular complexity index is 1940. The zero-order chi connectivity index (χ0) is 23.6. The molecule has 8 rings (SSSR count). The highest BCUT2D eigenvalue weighted by molar-refractivity contribution is 7.22. The number of thiophene rings is 2. The minimum atomic E-state index is 1.22. The first-order valence-corrected chi connectivity index (χ1v) is 13.5. The van der Waals surface area contributed by atoms with Gasteiger partial charge in [-0.15, -0.1) is 22.7 Å². The predicted octanol–water partition coefficient (Wildman–Crippen LogP) is 9.70. The van der Waals surface area contributed by atoms with Crippen LogP contribution in [0.15, 0.2) is 110 Å². The molecule has 4 aromatic heterocycles. The van der Waals surface area contributed by atoms with Crippen molar-refractivity contribution in [2.24, 2.45) is 0 Å². The van der Waals surface area contributed by atoms with Crippen LogP contribution >= 0.6 is 22.7 Å². The van der Waals surface area contributed by atoms with Crippen LogP contribution in [0.3, 0.4) is 0 Å². The second-order valence-electron chi connectivity index (χ2n) is 9.06. The Labute approximate surface area is 215 Å². The molecule has 4 heteroatoms. The first kappa shape index (κ1) is 20.1. The number of rotatable bonds is 2. The molecule has 0 spiro atoms. The number of hydrogen-bond acceptors (Lipinski definition) is 4. The molecule has 0 bridgehead atoms. The molecular formula is C32H18N2S2. The quantitative estimate of drug-likeness (QED) is 0.224. The third-order valence-electron chi connectivity index (χ3n) is 7.12. The van der Waals surface area contributed by atoms with Gasteiger partial charge < -0.3 is 0 Å². The second kappa shape index (κ2) is 7.69. The Morgan fingerprint density at radius 2 is 0.694 bits per heavy atom. The van der Waals surface area contributed by atoms with E-state index >= 15 is 0 Å². The summed E-state index contributed by atoms with van der Waals surface area (Å²) >= 11 is 3.69. The van der Waals surface area contributed by atoms with Gasteiger partial charge in [0, 0.05) is 54.7 Å². The van der Waals surface area contributed by atoms with Crippen molar-refractivity contribution in [3.63, 3.8) is 0 Å². The van der Waals surface area contributed by atoms with Crippen LogP contribution in [-0.4, -0.2) is 9.97 Å². The van der Waals surface area contributed by atoms with Gasteiger partial charge in [0.05, 0.1) is 0 Å². The summed E-state index contributed by atoms with van der Waals surface area (Å²) < 4.78 is 2.64. The standard InChI is InChI=1S/C32H18N2S2/c1-3-25-24(6-8-29-27(25)17-31(35-29)19-9-13-33-14-10-19)22-2-4-26-23(21(1)22)5-7-30-28(26)18-32(36-30)20-11-15-34-16-12-20/h1-18H. The Morgan fingerprint density at radius 3 is 1.08 bits per heavy atom. The van der Waals surface area contributed by atoms with Crippen molar-refractivity contribution in [1.82, 2.24) is 9.97 Å². The van der Waals surface area contributed by atoms with Gasteiger partial charge >= 0.3 is 0 Å². The molecule has 4 heterocycles. The van der Waals surface area contributed by atoms with Crippen molar-refractivity contribution in [3.05, 3.63) is 110 Å². The average Bonchev–Trinajstić information content (AvgIpc) is 3.58. The lowest BCUT2D eigenvalue weighted by atomic mass is 9.94. The van der Waals surface area contributed by atoms with Gasteiger partial charge in [0.2, 0.25) is 0 Å². The van der Waals surface area contributed by atoms with E-state index in [2.05, 4.69) is 94.9 Å². The van der Waals surface area contributed by atoms with Crippen LogP contribution in [0.25, 0.3) is 73.4 Å². The fourth-order valence-corrected chi connectivity index (χ4v) is 7.56. The van der Waals surface area contributed by atoms with E-state index in [-0.39, 0.29) is 0 Å². The molecule has 2 nitrogen and oxygen atoms in total. The molecule has 0 saturated carbocycles. The molecule has 36 heavy (non-hydrogen) atoms. The summed E-state index contributed by atoms with van der Waals surface area (Å²) in [4.78, 5) is 10.9. The zero-order valence-corrected chi connectivity index (χ0v) is 20.7. The van der Waals surface area contributed by atoms with Crippen molar-refractivity contribution < 1.29 is 0 Å². The summed E-state index contributed by atoms with van der Waals surface area (Å²) in [6.07, 6.45) is 7.45. The van der Waals surface area contributed by atoms with Crippen LogP contribution in [0.2, 0.25) is 0 Å². The lowest BCUT2D eigenvalue weighted by Crippen LogP contribution is -1.82. The van der Waals surface area contributed by atoms with Gasteiger partial charge in [-0.2, -0.15) is 0 Å². The topological polar surface area (TPSA) is 25.8 Å². The van der Waals surface area contributed by atoms with Crippen LogP contribution in [0.4, 0.5) is 0 Å². The molecule has 0 saturated heterocycles. The van der Waals surface area contributed by atoms with Crippen LogP contribution in [0.1, 0.15) is 0 Å². The van der Waals surface area contributed by atoms with E-state index in [0.29, 0.717) is 0 Å². The molecule has 0 amide bonds. The number of benzene rings is 4. The first-order valence-electron chi connectivity index (χ1n) is 11.9. The van der Waals surface area contributed by atoms with Crippen LogP contribution in [-0.2, 0) is 0 Å². The van der Waals surface area contributed by atoms with Gasteiger partial charge in [0.15, 0.2) is 0 Å². The van der Waals surface area contributed by atoms with Crippen molar-refractivity contribution >= 4 is 75.2 Å². The highest BCUT2D eigenvalue weighted by Gasteiger charge is 2.13. The average molecular weight is 495 g/mol. The molecular weight excluding hydrogens is 477 g/mol. The summed E-state index contributed by atoms with van der Waals surface area (Å²) in [6, 6.07) is 31.4. The third kappa shape index (κ3) is 2.95. The molecule has 0 aliphatic rings. The highest BCUT2D eigenvalue weighted by atomic mass is 32.1. The maximum absolute atomic E-state index is 4.17. The first-order chi connectivity index (χ1) is 17.8. The van der Waals surface area contributed by atoms with Gasteiger partial charge in [0.1, 0.15) is 0 Å². The van der Waals surface area contributed by atoms with Crippen molar-refractivity contribution in [1.29, 1.82) is 0 Å². The van der Waals surface area contributed by atoms with E-state index in [4.69, 9.17) is 0 Å². The predicted molar refractivity (Wildman–Crippen MR) is 156 cm³/mol. The minimum absolute atomic E-state index is 1.22. The number of hydrogen-bond donors (Lipinski definition) is 0. The van der Waals surface area contributed by atoms with E-state index < -0.39 is 0 Å². The Kier molecular flexibility index (Phi) is 4.30. The summed E-state index contributed by atoms with van der Waals surface area (Å²) in [6.45, 7) is 0. The zero-order valence-electron chi connectivity index (χ0n) is 19.1. The van der Waals surface area contributed by atoms with Gasteiger partial charge in [0.25, 0.3) is 0 Å². The fourth-order valence-electron chi connectivity index (χ4n) is 5.39. The van der Waals surface area contributed by atoms with E-state index in [1.165, 1.54) is 73.4 Å². The second-order valence-corrected chi connectivity index (χ2v) is 11.2. The smallest absolute Gasteiger partial charge is 0.0356 e. The maximum Gasteiger partial charge on any atom is 0.0356 e. The van der Waals surface area contributed by atoms with Crippen LogP contribution in [0.5, 0.6) is 0 Å². The summed E-state index contributed by atoms with van der Waals surface area (Å²) in [7, 11) is 0. The van der Waals surface area contributed by atoms with Gasteiger partial charge in [-0.25, -0.2) is 0 Å². The molecule has 0 N–H and O–H groups in total. The van der Waals surface area contributed by atoms with Crippen LogP contribution < -0.4 is 0 Å². The van der Waals surface area contributed by atoms with Gasteiger partial charge in [-0.1, -0.05) is 36.4 Å². The van der Waals surface area contributed by atoms with E-state index in [0.717, 1.165) is 0 Å². The molecule has 0 aliphatic heterocycles. The molecule has 0 fully saturated rings. The van der Waals surface area contributed by atoms with E-state index in [1.54, 1.807) is 0 Å². The van der Waals surface area contributed by atoms with Crippen LogP contribution in [0, 0.1) is 0 Å². The lowest BCUT2D eigenvalue weighted by molar-refractivity contribution is 1.33. The van der Waals surface area contributed by atoms with Gasteiger partial charge in [-0.05, 0) is 92.0 Å². The van der Waals surface area contributed by atoms with Gasteiger partial charge in [-0.3, -0.25) is 9.97 Å². The fraction of sp³-hybridized carbons (Fsp3) is 0. The minimum Gasteiger partial charge on any atom is -0.265 e. The molecule has 0 radical (unpaired) electrons. The summed E-state index contributed by atoms with van der Waals surface area (Å²) in [5.74, 6) is 0. The Hall–Kier alpha value is -4.12. The molecule has 0 aliphatic carbocycles. The van der Waals surface area contributed by atoms with Crippen molar-refractivity contribution in [2.75, 3.05) is 0 Å². The Morgan fingerprint density at radius 1 is 0.361 bits per heavy atom. The monoisotopic (exact) mass is 494 g/mol. The molecule has 8 aromatic rings. The number of nitrogens with zero attached hydrogens (tertiary/aromatic N) is 2. The normalized spacial score (nSPS) is 11.9. The lowest BCUT2D eigenvalue weighted by Gasteiger charge is -2.09. The summed E-state index contributed by atoms with van der Waals surface area (Å²) in [5, 5.41) is 10.5. The molecule has 4 aromatic carbocycles. The Balaban J connectivity index is 1.36. The maximum atomic E-state index is 4.17. The number of pyridine rings is 2. The highest BCUT2D eigenvalue weighted by Crippen LogP contribution is 2.42. The molecule has 0 unspecified atom stereocenters. The van der Waals surface area contributed by atoms with E-state index in [9.17, 15) is 0 Å². The number of fused-ring (bicyclic) bond motifs is 9. The largest absolute Gasteiger partial charge is 0.265 e. The SMILES string of the molecule is c1cc(-c2cc3c(ccc4c3ccc3c5ccc6sc(-c7ccncc7)cc6c5ccc43)s2)ccn1. The molecule has 0 atom stereocenters.